The van der Waals surface area contributed by atoms with Crippen molar-refractivity contribution < 1.29 is 0 Å². The minimum Gasteiger partial charge on any atom is -0.391 e. The fourth-order valence-corrected chi connectivity index (χ4v) is 0.663. The molecule has 0 saturated heterocycles. The van der Waals surface area contributed by atoms with Gasteiger partial charge < -0.3 is 5.32 Å². The summed E-state index contributed by atoms with van der Waals surface area (Å²) in [5.74, 6) is 0. The molecule has 0 heterocycles. The molecule has 0 aliphatic carbocycles. The zero-order valence-corrected chi connectivity index (χ0v) is 7.65. The zero-order valence-electron chi connectivity index (χ0n) is 7.65. The van der Waals surface area contributed by atoms with Crippen molar-refractivity contribution in [1.82, 2.24) is 5.32 Å². The number of allylic oxidation sites excluding steroid dienone is 5. The second-order valence-corrected chi connectivity index (χ2v) is 2.48. The normalized spacial score (nSPS) is 13.0. The Hall–Kier alpha value is -0.980. The summed E-state index contributed by atoms with van der Waals surface area (Å²) in [7, 11) is 1.93. The van der Waals surface area contributed by atoms with Gasteiger partial charge in [-0.1, -0.05) is 18.2 Å². The van der Waals surface area contributed by atoms with Gasteiger partial charge in [-0.25, -0.2) is 0 Å². The van der Waals surface area contributed by atoms with E-state index in [1.807, 2.05) is 13.1 Å². The van der Waals surface area contributed by atoms with Crippen LogP contribution in [0.1, 0.15) is 20.3 Å². The Morgan fingerprint density at radius 3 is 2.55 bits per heavy atom. The minimum absolute atomic E-state index is 0.939. The van der Waals surface area contributed by atoms with E-state index in [2.05, 4.69) is 37.9 Å². The molecule has 0 amide bonds. The van der Waals surface area contributed by atoms with Crippen LogP contribution in [0.25, 0.3) is 0 Å². The molecular weight excluding hydrogens is 134 g/mol. The van der Waals surface area contributed by atoms with Gasteiger partial charge in [0.05, 0.1) is 0 Å². The van der Waals surface area contributed by atoms with Gasteiger partial charge in [-0.2, -0.15) is 0 Å². The second-order valence-electron chi connectivity index (χ2n) is 2.48. The first-order valence-electron chi connectivity index (χ1n) is 3.85. The van der Waals surface area contributed by atoms with Gasteiger partial charge in [-0.15, -0.1) is 6.58 Å². The van der Waals surface area contributed by atoms with Crippen molar-refractivity contribution in [3.8, 4) is 0 Å². The number of hydrogen-bond donors (Lipinski definition) is 1. The predicted octanol–water partition coefficient (Wildman–Crippen LogP) is 2.63. The Kier molecular flexibility index (Phi) is 5.26. The Morgan fingerprint density at radius 2 is 2.09 bits per heavy atom. The molecule has 62 valence electrons. The van der Waals surface area contributed by atoms with E-state index in [1.165, 1.54) is 11.3 Å². The van der Waals surface area contributed by atoms with Crippen molar-refractivity contribution in [2.24, 2.45) is 0 Å². The first-order chi connectivity index (χ1) is 5.22. The molecule has 0 saturated carbocycles. The third-order valence-corrected chi connectivity index (χ3v) is 1.64. The third kappa shape index (κ3) is 4.43. The Balaban J connectivity index is 4.03. The fraction of sp³-hybridized carbons (Fsp3) is 0.400. The second kappa shape index (κ2) is 5.78. The largest absolute Gasteiger partial charge is 0.391 e. The molecule has 0 rings (SSSR count). The van der Waals surface area contributed by atoms with Gasteiger partial charge in [0.15, 0.2) is 0 Å². The van der Waals surface area contributed by atoms with Crippen molar-refractivity contribution in [1.29, 1.82) is 0 Å². The van der Waals surface area contributed by atoms with E-state index in [0.29, 0.717) is 0 Å². The maximum Gasteiger partial charge on any atom is 0.0102 e. The number of rotatable bonds is 4. The zero-order chi connectivity index (χ0) is 8.69. The van der Waals surface area contributed by atoms with E-state index in [9.17, 15) is 0 Å². The maximum absolute atomic E-state index is 3.64. The molecule has 11 heavy (non-hydrogen) atoms. The third-order valence-electron chi connectivity index (χ3n) is 1.64. The highest BCUT2D eigenvalue weighted by Gasteiger charge is 1.86. The molecule has 0 aliphatic rings. The summed E-state index contributed by atoms with van der Waals surface area (Å²) in [6.07, 6.45) is 7.03. The van der Waals surface area contributed by atoms with Crippen LogP contribution >= 0.6 is 0 Å². The predicted molar refractivity (Wildman–Crippen MR) is 51.4 cm³/mol. The molecule has 0 fully saturated rings. The smallest absolute Gasteiger partial charge is 0.0102 e. The Bertz CT molecular complexity index is 175. The average Bonchev–Trinajstić information content (AvgIpc) is 2.03. The molecule has 0 radical (unpaired) electrons. The Morgan fingerprint density at radius 1 is 1.45 bits per heavy atom. The molecule has 0 unspecified atom stereocenters. The van der Waals surface area contributed by atoms with E-state index in [1.54, 1.807) is 0 Å². The van der Waals surface area contributed by atoms with Crippen LogP contribution in [-0.4, -0.2) is 7.05 Å². The van der Waals surface area contributed by atoms with Crippen molar-refractivity contribution in [2.45, 2.75) is 20.3 Å². The van der Waals surface area contributed by atoms with Gasteiger partial charge in [0.25, 0.3) is 0 Å². The standard InChI is InChI=1S/C10H17N/c1-5-6-7-8-9(2)10(3)11-4/h5,7-8,11H,1,6H2,2-4H3/b8-7-,10-9+. The topological polar surface area (TPSA) is 12.0 Å². The van der Waals surface area contributed by atoms with E-state index in [0.717, 1.165) is 6.42 Å². The minimum atomic E-state index is 0.939. The molecule has 0 atom stereocenters. The van der Waals surface area contributed by atoms with Gasteiger partial charge in [0.1, 0.15) is 0 Å². The van der Waals surface area contributed by atoms with Gasteiger partial charge in [0, 0.05) is 12.7 Å². The summed E-state index contributed by atoms with van der Waals surface area (Å²) >= 11 is 0. The van der Waals surface area contributed by atoms with E-state index in [4.69, 9.17) is 0 Å². The van der Waals surface area contributed by atoms with Crippen LogP contribution in [0.5, 0.6) is 0 Å². The van der Waals surface area contributed by atoms with Gasteiger partial charge in [-0.05, 0) is 25.8 Å². The molecular formula is C10H17N. The molecule has 0 aromatic heterocycles. The van der Waals surface area contributed by atoms with Crippen molar-refractivity contribution in [2.75, 3.05) is 7.05 Å². The van der Waals surface area contributed by atoms with Crippen LogP contribution in [0.4, 0.5) is 0 Å². The molecule has 1 heteroatoms. The number of hydrogen-bond acceptors (Lipinski definition) is 1. The van der Waals surface area contributed by atoms with Crippen molar-refractivity contribution in [3.63, 3.8) is 0 Å². The summed E-state index contributed by atoms with van der Waals surface area (Å²) < 4.78 is 0. The molecule has 0 aromatic carbocycles. The summed E-state index contributed by atoms with van der Waals surface area (Å²) in [6, 6.07) is 0. The average molecular weight is 151 g/mol. The summed E-state index contributed by atoms with van der Waals surface area (Å²) in [4.78, 5) is 0. The quantitative estimate of drug-likeness (QED) is 0.481. The van der Waals surface area contributed by atoms with Crippen molar-refractivity contribution >= 4 is 0 Å². The van der Waals surface area contributed by atoms with E-state index >= 15 is 0 Å². The lowest BCUT2D eigenvalue weighted by molar-refractivity contribution is 0.968. The lowest BCUT2D eigenvalue weighted by Gasteiger charge is -2.01. The first kappa shape index (κ1) is 10.0. The summed E-state index contributed by atoms with van der Waals surface area (Å²) in [5.41, 5.74) is 2.49. The molecule has 1 N–H and O–H groups in total. The molecule has 0 spiro atoms. The summed E-state index contributed by atoms with van der Waals surface area (Å²) in [6.45, 7) is 7.79. The van der Waals surface area contributed by atoms with E-state index < -0.39 is 0 Å². The number of nitrogens with one attached hydrogen (secondary N) is 1. The molecule has 0 bridgehead atoms. The van der Waals surface area contributed by atoms with Crippen LogP contribution in [-0.2, 0) is 0 Å². The Labute approximate surface area is 69.5 Å². The highest BCUT2D eigenvalue weighted by atomic mass is 14.8. The highest BCUT2D eigenvalue weighted by molar-refractivity contribution is 5.21. The highest BCUT2D eigenvalue weighted by Crippen LogP contribution is 2.01. The monoisotopic (exact) mass is 151 g/mol. The SMILES string of the molecule is C=CC/C=C\C(C)=C(/C)NC. The first-order valence-corrected chi connectivity index (χ1v) is 3.85. The van der Waals surface area contributed by atoms with Crippen molar-refractivity contribution in [3.05, 3.63) is 36.1 Å². The molecule has 0 aliphatic heterocycles. The van der Waals surface area contributed by atoms with Crippen LogP contribution < -0.4 is 5.32 Å². The lowest BCUT2D eigenvalue weighted by Crippen LogP contribution is -2.03. The van der Waals surface area contributed by atoms with Gasteiger partial charge in [0.2, 0.25) is 0 Å². The van der Waals surface area contributed by atoms with Crippen LogP contribution in [0.3, 0.4) is 0 Å². The molecule has 0 aromatic rings. The molecule has 1 nitrogen and oxygen atoms in total. The lowest BCUT2D eigenvalue weighted by atomic mass is 10.2. The fourth-order valence-electron chi connectivity index (χ4n) is 0.663. The maximum atomic E-state index is 3.64. The summed E-state index contributed by atoms with van der Waals surface area (Å²) in [5, 5.41) is 3.09. The van der Waals surface area contributed by atoms with Crippen LogP contribution in [0.2, 0.25) is 0 Å². The van der Waals surface area contributed by atoms with Gasteiger partial charge in [-0.3, -0.25) is 0 Å². The van der Waals surface area contributed by atoms with Crippen LogP contribution in [0, 0.1) is 0 Å². The van der Waals surface area contributed by atoms with Crippen LogP contribution in [0.15, 0.2) is 36.1 Å². The van der Waals surface area contributed by atoms with E-state index in [-0.39, 0.29) is 0 Å². The van der Waals surface area contributed by atoms with Gasteiger partial charge >= 0.3 is 0 Å².